The third-order valence-corrected chi connectivity index (χ3v) is 4.20. The molecule has 124 valence electrons. The highest BCUT2D eigenvalue weighted by Crippen LogP contribution is 2.27. The zero-order valence-electron chi connectivity index (χ0n) is 13.9. The van der Waals surface area contributed by atoms with Crippen molar-refractivity contribution in [2.45, 2.75) is 32.7 Å². The summed E-state index contributed by atoms with van der Waals surface area (Å²) in [7, 11) is 0. The molecule has 0 saturated heterocycles. The number of halogens is 1. The number of rotatable bonds is 5. The van der Waals surface area contributed by atoms with Gasteiger partial charge in [0.05, 0.1) is 12.5 Å². The summed E-state index contributed by atoms with van der Waals surface area (Å²) in [5.74, 6) is -0.295. The third-order valence-electron chi connectivity index (χ3n) is 4.20. The van der Waals surface area contributed by atoms with Gasteiger partial charge in [-0.25, -0.2) is 4.39 Å². The molecule has 4 heteroatoms. The summed E-state index contributed by atoms with van der Waals surface area (Å²) in [4.78, 5) is 17.0. The number of carbonyl (C=O) groups is 1. The molecule has 2 aromatic carbocycles. The lowest BCUT2D eigenvalue weighted by atomic mass is 9.89. The van der Waals surface area contributed by atoms with Crippen LogP contribution in [0.5, 0.6) is 0 Å². The number of fused-ring (bicyclic) bond motifs is 1. The van der Waals surface area contributed by atoms with E-state index in [9.17, 15) is 9.18 Å². The predicted molar refractivity (Wildman–Crippen MR) is 95.0 cm³/mol. The van der Waals surface area contributed by atoms with Crippen LogP contribution >= 0.6 is 0 Å². The molecule has 0 fully saturated rings. The monoisotopic (exact) mass is 324 g/mol. The molecular formula is C20H21FN2O. The lowest BCUT2D eigenvalue weighted by molar-refractivity contribution is -0.117. The Hall–Kier alpha value is -2.49. The van der Waals surface area contributed by atoms with Gasteiger partial charge in [0.25, 0.3) is 0 Å². The lowest BCUT2D eigenvalue weighted by Crippen LogP contribution is -2.22. The minimum absolute atomic E-state index is 0.0646. The number of benzene rings is 2. The first-order chi connectivity index (χ1) is 11.5. The van der Waals surface area contributed by atoms with Crippen LogP contribution in [0.4, 0.5) is 10.1 Å². The number of anilines is 1. The minimum Gasteiger partial charge on any atom is -0.326 e. The van der Waals surface area contributed by atoms with E-state index in [0.717, 1.165) is 16.8 Å². The molecule has 3 rings (SSSR count). The van der Waals surface area contributed by atoms with E-state index in [4.69, 9.17) is 0 Å². The SMILES string of the molecule is CC(C)CC(C(=O)Nc1ccc2c(c1)C=NC2)c1ccc(F)cc1. The molecule has 0 bridgehead atoms. The highest BCUT2D eigenvalue weighted by molar-refractivity contribution is 5.97. The Morgan fingerprint density at radius 1 is 1.21 bits per heavy atom. The fourth-order valence-corrected chi connectivity index (χ4v) is 2.97. The van der Waals surface area contributed by atoms with Gasteiger partial charge in [0.1, 0.15) is 5.82 Å². The Morgan fingerprint density at radius 3 is 2.67 bits per heavy atom. The van der Waals surface area contributed by atoms with E-state index in [-0.39, 0.29) is 17.6 Å². The second kappa shape index (κ2) is 6.95. The first-order valence-electron chi connectivity index (χ1n) is 8.22. The zero-order chi connectivity index (χ0) is 17.1. The van der Waals surface area contributed by atoms with Crippen LogP contribution in [-0.4, -0.2) is 12.1 Å². The summed E-state index contributed by atoms with van der Waals surface area (Å²) >= 11 is 0. The second-order valence-electron chi connectivity index (χ2n) is 6.61. The number of nitrogens with zero attached hydrogens (tertiary/aromatic N) is 1. The van der Waals surface area contributed by atoms with Crippen molar-refractivity contribution in [3.8, 4) is 0 Å². The van der Waals surface area contributed by atoms with Gasteiger partial charge in [0.2, 0.25) is 5.91 Å². The average Bonchev–Trinajstić information content (AvgIpc) is 3.01. The Labute approximate surface area is 141 Å². The topological polar surface area (TPSA) is 41.5 Å². The summed E-state index contributed by atoms with van der Waals surface area (Å²) in [5, 5.41) is 3.00. The molecule has 1 amide bonds. The molecule has 1 N–H and O–H groups in total. The molecule has 24 heavy (non-hydrogen) atoms. The highest BCUT2D eigenvalue weighted by Gasteiger charge is 2.22. The van der Waals surface area contributed by atoms with Gasteiger partial charge in [-0.15, -0.1) is 0 Å². The largest absolute Gasteiger partial charge is 0.326 e. The van der Waals surface area contributed by atoms with E-state index in [0.29, 0.717) is 18.9 Å². The van der Waals surface area contributed by atoms with Gasteiger partial charge >= 0.3 is 0 Å². The zero-order valence-corrected chi connectivity index (χ0v) is 13.9. The van der Waals surface area contributed by atoms with Crippen molar-refractivity contribution in [2.75, 3.05) is 5.32 Å². The summed E-state index contributed by atoms with van der Waals surface area (Å²) in [6.45, 7) is 4.86. The van der Waals surface area contributed by atoms with Crippen LogP contribution in [0.3, 0.4) is 0 Å². The highest BCUT2D eigenvalue weighted by atomic mass is 19.1. The lowest BCUT2D eigenvalue weighted by Gasteiger charge is -2.19. The number of amides is 1. The fourth-order valence-electron chi connectivity index (χ4n) is 2.97. The van der Waals surface area contributed by atoms with Crippen molar-refractivity contribution in [3.05, 3.63) is 65.0 Å². The predicted octanol–water partition coefficient (Wildman–Crippen LogP) is 4.53. The van der Waals surface area contributed by atoms with E-state index < -0.39 is 0 Å². The van der Waals surface area contributed by atoms with Crippen LogP contribution in [0, 0.1) is 11.7 Å². The third kappa shape index (κ3) is 3.70. The molecule has 3 nitrogen and oxygen atoms in total. The van der Waals surface area contributed by atoms with Crippen LogP contribution in [0.15, 0.2) is 47.5 Å². The maximum absolute atomic E-state index is 13.2. The van der Waals surface area contributed by atoms with Gasteiger partial charge in [-0.05, 0) is 53.3 Å². The van der Waals surface area contributed by atoms with Gasteiger partial charge in [0.15, 0.2) is 0 Å². The first-order valence-corrected chi connectivity index (χ1v) is 8.22. The van der Waals surface area contributed by atoms with Crippen molar-refractivity contribution in [2.24, 2.45) is 10.9 Å². The number of hydrogen-bond acceptors (Lipinski definition) is 2. The molecule has 0 saturated carbocycles. The van der Waals surface area contributed by atoms with Gasteiger partial charge < -0.3 is 5.32 Å². The molecule has 1 unspecified atom stereocenters. The van der Waals surface area contributed by atoms with E-state index >= 15 is 0 Å². The van der Waals surface area contributed by atoms with Crippen LogP contribution < -0.4 is 5.32 Å². The van der Waals surface area contributed by atoms with Crippen molar-refractivity contribution >= 4 is 17.8 Å². The average molecular weight is 324 g/mol. The molecular weight excluding hydrogens is 303 g/mol. The Balaban J connectivity index is 1.80. The number of carbonyl (C=O) groups excluding carboxylic acids is 1. The van der Waals surface area contributed by atoms with Gasteiger partial charge in [-0.1, -0.05) is 32.0 Å². The Bertz CT molecular complexity index is 766. The van der Waals surface area contributed by atoms with Crippen LogP contribution in [0.2, 0.25) is 0 Å². The molecule has 1 aliphatic heterocycles. The van der Waals surface area contributed by atoms with Crippen molar-refractivity contribution in [1.29, 1.82) is 0 Å². The molecule has 2 aromatic rings. The summed E-state index contributed by atoms with van der Waals surface area (Å²) in [6.07, 6.45) is 2.54. The second-order valence-corrected chi connectivity index (χ2v) is 6.61. The van der Waals surface area contributed by atoms with Crippen molar-refractivity contribution in [3.63, 3.8) is 0 Å². The Morgan fingerprint density at radius 2 is 1.96 bits per heavy atom. The van der Waals surface area contributed by atoms with Gasteiger partial charge in [-0.2, -0.15) is 0 Å². The van der Waals surface area contributed by atoms with E-state index in [1.54, 1.807) is 12.1 Å². The van der Waals surface area contributed by atoms with Crippen LogP contribution in [0.25, 0.3) is 0 Å². The molecule has 0 aromatic heterocycles. The normalized spacial score (nSPS) is 13.8. The minimum atomic E-state index is -0.299. The van der Waals surface area contributed by atoms with Crippen LogP contribution in [0.1, 0.15) is 42.9 Å². The Kier molecular flexibility index (Phi) is 4.74. The number of aliphatic imine (C=N–C) groups is 1. The molecule has 0 radical (unpaired) electrons. The maximum Gasteiger partial charge on any atom is 0.231 e. The van der Waals surface area contributed by atoms with E-state index in [1.807, 2.05) is 24.4 Å². The van der Waals surface area contributed by atoms with Gasteiger partial charge in [0, 0.05) is 11.9 Å². The quantitative estimate of drug-likeness (QED) is 0.863. The molecule has 1 atom stereocenters. The fraction of sp³-hybridized carbons (Fsp3) is 0.300. The smallest absolute Gasteiger partial charge is 0.231 e. The molecule has 0 spiro atoms. The van der Waals surface area contributed by atoms with Crippen LogP contribution in [-0.2, 0) is 11.3 Å². The van der Waals surface area contributed by atoms with Gasteiger partial charge in [-0.3, -0.25) is 9.79 Å². The van der Waals surface area contributed by atoms with Crippen molar-refractivity contribution < 1.29 is 9.18 Å². The van der Waals surface area contributed by atoms with E-state index in [1.165, 1.54) is 17.7 Å². The molecule has 1 aliphatic rings. The molecule has 1 heterocycles. The standard InChI is InChI=1S/C20H21FN2O/c1-13(2)9-19(14-3-6-17(21)7-4-14)20(24)23-18-8-5-15-11-22-12-16(15)10-18/h3-8,10,12-13,19H,9,11H2,1-2H3,(H,23,24). The summed E-state index contributed by atoms with van der Waals surface area (Å²) in [5.41, 5.74) is 3.83. The summed E-state index contributed by atoms with van der Waals surface area (Å²) in [6, 6.07) is 12.0. The maximum atomic E-state index is 13.2. The summed E-state index contributed by atoms with van der Waals surface area (Å²) < 4.78 is 13.2. The number of nitrogens with one attached hydrogen (secondary N) is 1. The number of hydrogen-bond donors (Lipinski definition) is 1. The molecule has 0 aliphatic carbocycles. The van der Waals surface area contributed by atoms with E-state index in [2.05, 4.69) is 24.2 Å². The first kappa shape index (κ1) is 16.4. The van der Waals surface area contributed by atoms with Crippen molar-refractivity contribution in [1.82, 2.24) is 0 Å².